The Hall–Kier alpha value is -1.96. The zero-order valence-electron chi connectivity index (χ0n) is 14.6. The lowest BCUT2D eigenvalue weighted by atomic mass is 10.2. The third-order valence-electron chi connectivity index (χ3n) is 4.92. The predicted octanol–water partition coefficient (Wildman–Crippen LogP) is 5.33. The number of halogens is 2. The molecule has 1 aliphatic rings. The number of anilines is 2. The number of aryl methyl sites for hydroxylation is 1. The zero-order valence-corrected chi connectivity index (χ0v) is 17.0. The second-order valence-corrected chi connectivity index (χ2v) is 9.00. The highest BCUT2D eigenvalue weighted by molar-refractivity contribution is 7.22. The van der Waals surface area contributed by atoms with Crippen LogP contribution in [0.2, 0.25) is 5.02 Å². The molecule has 138 valence electrons. The second-order valence-electron chi connectivity index (χ2n) is 6.57. The number of aromatic nitrogens is 2. The molecule has 8 heteroatoms. The van der Waals surface area contributed by atoms with E-state index < -0.39 is 0 Å². The minimum Gasteiger partial charge on any atom is -0.345 e. The summed E-state index contributed by atoms with van der Waals surface area (Å²) in [5, 5.41) is 2.68. The average Bonchev–Trinajstić information content (AvgIpc) is 3.30. The minimum atomic E-state index is -0.253. The Kier molecular flexibility index (Phi) is 4.18. The van der Waals surface area contributed by atoms with Crippen molar-refractivity contribution < 1.29 is 4.39 Å². The standard InChI is InChI=1S/C19H16ClFN4S2/c1-11-12(20)5-6-15-16(11)22-18(27-15)24-7-9-25(10-8-24)19-23-17-13(21)3-2-4-14(17)26-19/h2-6H,7-10H2,1H3. The van der Waals surface area contributed by atoms with Crippen LogP contribution in [0.25, 0.3) is 20.4 Å². The Morgan fingerprint density at radius 2 is 1.48 bits per heavy atom. The van der Waals surface area contributed by atoms with Crippen molar-refractivity contribution in [3.8, 4) is 0 Å². The smallest absolute Gasteiger partial charge is 0.186 e. The van der Waals surface area contributed by atoms with Gasteiger partial charge in [0.1, 0.15) is 11.3 Å². The number of benzene rings is 2. The van der Waals surface area contributed by atoms with Crippen LogP contribution in [0.15, 0.2) is 30.3 Å². The van der Waals surface area contributed by atoms with Crippen LogP contribution in [-0.2, 0) is 0 Å². The molecular formula is C19H16ClFN4S2. The van der Waals surface area contributed by atoms with Gasteiger partial charge in [-0.1, -0.05) is 40.3 Å². The van der Waals surface area contributed by atoms with Gasteiger partial charge in [-0.05, 0) is 36.8 Å². The predicted molar refractivity (Wildman–Crippen MR) is 113 cm³/mol. The molecule has 4 aromatic rings. The number of fused-ring (bicyclic) bond motifs is 2. The molecule has 2 aromatic heterocycles. The first-order valence-corrected chi connectivity index (χ1v) is 10.7. The number of para-hydroxylation sites is 1. The molecule has 0 bridgehead atoms. The van der Waals surface area contributed by atoms with Crippen LogP contribution in [0.1, 0.15) is 5.56 Å². The zero-order chi connectivity index (χ0) is 18.5. The van der Waals surface area contributed by atoms with Gasteiger partial charge in [-0.3, -0.25) is 0 Å². The van der Waals surface area contributed by atoms with E-state index in [-0.39, 0.29) is 5.82 Å². The summed E-state index contributed by atoms with van der Waals surface area (Å²) in [5.74, 6) is -0.253. The summed E-state index contributed by atoms with van der Waals surface area (Å²) in [6.07, 6.45) is 0. The maximum Gasteiger partial charge on any atom is 0.186 e. The number of piperazine rings is 1. The molecule has 2 aromatic carbocycles. The molecule has 1 aliphatic heterocycles. The van der Waals surface area contributed by atoms with Gasteiger partial charge in [0.15, 0.2) is 10.3 Å². The van der Waals surface area contributed by atoms with Crippen LogP contribution < -0.4 is 9.80 Å². The summed E-state index contributed by atoms with van der Waals surface area (Å²) in [4.78, 5) is 13.9. The van der Waals surface area contributed by atoms with Crippen LogP contribution in [0, 0.1) is 12.7 Å². The molecule has 0 radical (unpaired) electrons. The molecule has 0 spiro atoms. The van der Waals surface area contributed by atoms with Crippen molar-refractivity contribution >= 4 is 65.0 Å². The lowest BCUT2D eigenvalue weighted by Crippen LogP contribution is -2.46. The Morgan fingerprint density at radius 3 is 2.11 bits per heavy atom. The van der Waals surface area contributed by atoms with Crippen molar-refractivity contribution in [3.05, 3.63) is 46.7 Å². The van der Waals surface area contributed by atoms with E-state index in [1.54, 1.807) is 28.7 Å². The average molecular weight is 419 g/mol. The summed E-state index contributed by atoms with van der Waals surface area (Å²) in [6, 6.07) is 9.09. The van der Waals surface area contributed by atoms with E-state index >= 15 is 0 Å². The quantitative estimate of drug-likeness (QED) is 0.440. The van der Waals surface area contributed by atoms with E-state index in [2.05, 4.69) is 14.8 Å². The largest absolute Gasteiger partial charge is 0.345 e. The number of hydrogen-bond acceptors (Lipinski definition) is 6. The number of hydrogen-bond donors (Lipinski definition) is 0. The highest BCUT2D eigenvalue weighted by Crippen LogP contribution is 2.35. The monoisotopic (exact) mass is 418 g/mol. The number of thiazole rings is 2. The molecule has 27 heavy (non-hydrogen) atoms. The molecule has 0 N–H and O–H groups in total. The van der Waals surface area contributed by atoms with Crippen LogP contribution in [0.4, 0.5) is 14.7 Å². The highest BCUT2D eigenvalue weighted by Gasteiger charge is 2.23. The van der Waals surface area contributed by atoms with E-state index in [0.29, 0.717) is 5.52 Å². The third-order valence-corrected chi connectivity index (χ3v) is 7.49. The van der Waals surface area contributed by atoms with Crippen molar-refractivity contribution in [3.63, 3.8) is 0 Å². The van der Waals surface area contributed by atoms with Gasteiger partial charge in [-0.15, -0.1) is 0 Å². The molecule has 5 rings (SSSR count). The highest BCUT2D eigenvalue weighted by atomic mass is 35.5. The molecule has 0 unspecified atom stereocenters. The van der Waals surface area contributed by atoms with Crippen LogP contribution in [0.3, 0.4) is 0 Å². The lowest BCUT2D eigenvalue weighted by Gasteiger charge is -2.34. The van der Waals surface area contributed by atoms with Gasteiger partial charge in [0.25, 0.3) is 0 Å². The first kappa shape index (κ1) is 17.2. The van der Waals surface area contributed by atoms with Crippen molar-refractivity contribution in [2.45, 2.75) is 6.92 Å². The SMILES string of the molecule is Cc1c(Cl)ccc2sc(N3CCN(c4nc5c(F)cccc5s4)CC3)nc12. The Bertz CT molecular complexity index is 1150. The fourth-order valence-corrected chi connectivity index (χ4v) is 5.61. The third kappa shape index (κ3) is 2.94. The van der Waals surface area contributed by atoms with E-state index in [1.807, 2.05) is 25.1 Å². The molecule has 0 saturated carbocycles. The first-order valence-electron chi connectivity index (χ1n) is 8.71. The van der Waals surface area contributed by atoms with Gasteiger partial charge in [0, 0.05) is 31.2 Å². The topological polar surface area (TPSA) is 32.3 Å². The fourth-order valence-electron chi connectivity index (χ4n) is 3.35. The number of nitrogens with zero attached hydrogens (tertiary/aromatic N) is 4. The van der Waals surface area contributed by atoms with E-state index in [4.69, 9.17) is 16.6 Å². The van der Waals surface area contributed by atoms with Gasteiger partial charge >= 0.3 is 0 Å². The van der Waals surface area contributed by atoms with Crippen molar-refractivity contribution in [2.75, 3.05) is 36.0 Å². The van der Waals surface area contributed by atoms with E-state index in [1.165, 1.54) is 6.07 Å². The van der Waals surface area contributed by atoms with Crippen molar-refractivity contribution in [1.82, 2.24) is 9.97 Å². The van der Waals surface area contributed by atoms with Crippen LogP contribution in [-0.4, -0.2) is 36.1 Å². The summed E-state index contributed by atoms with van der Waals surface area (Å²) in [5.41, 5.74) is 2.50. The summed E-state index contributed by atoms with van der Waals surface area (Å²) in [7, 11) is 0. The Morgan fingerprint density at radius 1 is 0.889 bits per heavy atom. The summed E-state index contributed by atoms with van der Waals surface area (Å²) >= 11 is 9.48. The Balaban J connectivity index is 1.36. The Labute approximate surface area is 168 Å². The molecule has 0 atom stereocenters. The van der Waals surface area contributed by atoms with Gasteiger partial charge in [0.05, 0.1) is 14.9 Å². The molecule has 0 aliphatic carbocycles. The summed E-state index contributed by atoms with van der Waals surface area (Å²) in [6.45, 7) is 5.43. The molecule has 3 heterocycles. The molecule has 0 amide bonds. The van der Waals surface area contributed by atoms with E-state index in [9.17, 15) is 4.39 Å². The number of rotatable bonds is 2. The van der Waals surface area contributed by atoms with Gasteiger partial charge < -0.3 is 9.80 Å². The second kappa shape index (κ2) is 6.58. The summed E-state index contributed by atoms with van der Waals surface area (Å²) < 4.78 is 16.0. The fraction of sp³-hybridized carbons (Fsp3) is 0.263. The molecular weight excluding hydrogens is 403 g/mol. The maximum atomic E-state index is 13.9. The van der Waals surface area contributed by atoms with Crippen LogP contribution in [0.5, 0.6) is 0 Å². The minimum absolute atomic E-state index is 0.253. The van der Waals surface area contributed by atoms with Gasteiger partial charge in [0.2, 0.25) is 0 Å². The maximum absolute atomic E-state index is 13.9. The molecule has 1 fully saturated rings. The van der Waals surface area contributed by atoms with E-state index in [0.717, 1.165) is 61.9 Å². The van der Waals surface area contributed by atoms with Crippen molar-refractivity contribution in [2.24, 2.45) is 0 Å². The van der Waals surface area contributed by atoms with Crippen molar-refractivity contribution in [1.29, 1.82) is 0 Å². The molecule has 4 nitrogen and oxygen atoms in total. The normalized spacial score (nSPS) is 15.2. The first-order chi connectivity index (χ1) is 13.1. The lowest BCUT2D eigenvalue weighted by molar-refractivity contribution is 0.635. The molecule has 1 saturated heterocycles. The van der Waals surface area contributed by atoms with Gasteiger partial charge in [-0.25, -0.2) is 14.4 Å². The van der Waals surface area contributed by atoms with Gasteiger partial charge in [-0.2, -0.15) is 0 Å². The van der Waals surface area contributed by atoms with Crippen LogP contribution >= 0.6 is 34.3 Å².